The van der Waals surface area contributed by atoms with E-state index in [1.165, 1.54) is 12.1 Å². The average molecular weight is 426 g/mol. The molecule has 2 N–H and O–H groups in total. The molecule has 3 heterocycles. The summed E-state index contributed by atoms with van der Waals surface area (Å²) in [5.74, 6) is 0.0887. The van der Waals surface area contributed by atoms with Gasteiger partial charge in [0.05, 0.1) is 16.8 Å². The van der Waals surface area contributed by atoms with Gasteiger partial charge in [-0.25, -0.2) is 18.9 Å². The molecule has 5 rings (SSSR count). The molecule has 1 unspecified atom stereocenters. The number of nitrogens with one attached hydrogen (secondary N) is 2. The lowest BCUT2D eigenvalue weighted by molar-refractivity contribution is 0.628. The van der Waals surface area contributed by atoms with Crippen LogP contribution in [0.15, 0.2) is 83.0 Å². The monoisotopic (exact) mass is 426 g/mol. The Morgan fingerprint density at radius 1 is 1.16 bits per heavy atom. The summed E-state index contributed by atoms with van der Waals surface area (Å²) in [4.78, 5) is 9.24. The fourth-order valence-corrected chi connectivity index (χ4v) is 3.90. The molecule has 3 aromatic rings. The highest BCUT2D eigenvalue weighted by Gasteiger charge is 2.21. The zero-order valence-corrected chi connectivity index (χ0v) is 17.7. The van der Waals surface area contributed by atoms with E-state index in [-0.39, 0.29) is 11.9 Å². The number of rotatable bonds is 4. The fourth-order valence-electron chi connectivity index (χ4n) is 3.90. The van der Waals surface area contributed by atoms with Crippen LogP contribution in [-0.4, -0.2) is 34.9 Å². The first-order valence-corrected chi connectivity index (χ1v) is 10.6. The first-order chi connectivity index (χ1) is 15.7. The van der Waals surface area contributed by atoms with Crippen LogP contribution in [0.2, 0.25) is 0 Å². The maximum absolute atomic E-state index is 13.6. The van der Waals surface area contributed by atoms with E-state index in [9.17, 15) is 4.39 Å². The highest BCUT2D eigenvalue weighted by molar-refractivity contribution is 6.04. The van der Waals surface area contributed by atoms with Crippen LogP contribution in [0.4, 0.5) is 10.1 Å². The number of fused-ring (bicyclic) bond motifs is 1. The van der Waals surface area contributed by atoms with Gasteiger partial charge in [-0.15, -0.1) is 0 Å². The Balaban J connectivity index is 1.61. The summed E-state index contributed by atoms with van der Waals surface area (Å²) in [5, 5.41) is 11.3. The molecule has 0 amide bonds. The van der Waals surface area contributed by atoms with Crippen LogP contribution in [0.3, 0.4) is 0 Å². The first kappa shape index (κ1) is 20.1. The number of guanidine groups is 1. The van der Waals surface area contributed by atoms with E-state index in [0.29, 0.717) is 18.1 Å². The van der Waals surface area contributed by atoms with Gasteiger partial charge in [-0.1, -0.05) is 36.4 Å². The largest absolute Gasteiger partial charge is 0.324 e. The Bertz CT molecular complexity index is 1310. The highest BCUT2D eigenvalue weighted by Crippen LogP contribution is 2.33. The summed E-state index contributed by atoms with van der Waals surface area (Å²) in [5.41, 5.74) is 5.20. The number of aliphatic imine (C=N–C) groups is 2. The van der Waals surface area contributed by atoms with Crippen molar-refractivity contribution in [2.45, 2.75) is 18.9 Å². The number of nitrogens with zero attached hydrogens (tertiary/aromatic N) is 4. The summed E-state index contributed by atoms with van der Waals surface area (Å²) < 4.78 is 15.5. The summed E-state index contributed by atoms with van der Waals surface area (Å²) >= 11 is 0. The third-order valence-electron chi connectivity index (χ3n) is 5.45. The first-order valence-electron chi connectivity index (χ1n) is 10.6. The molecule has 7 heteroatoms. The van der Waals surface area contributed by atoms with Crippen molar-refractivity contribution < 1.29 is 4.39 Å². The lowest BCUT2D eigenvalue weighted by atomic mass is 9.96. The Morgan fingerprint density at radius 2 is 2.09 bits per heavy atom. The zero-order valence-electron chi connectivity index (χ0n) is 17.7. The van der Waals surface area contributed by atoms with Gasteiger partial charge in [-0.05, 0) is 49.4 Å². The minimum Gasteiger partial charge on any atom is -0.324 e. The van der Waals surface area contributed by atoms with E-state index in [1.54, 1.807) is 18.3 Å². The predicted octanol–water partition coefficient (Wildman–Crippen LogP) is 4.69. The summed E-state index contributed by atoms with van der Waals surface area (Å²) in [6.45, 7) is 0. The Morgan fingerprint density at radius 3 is 2.97 bits per heavy atom. The number of halogens is 1. The second-order valence-electron chi connectivity index (χ2n) is 7.62. The van der Waals surface area contributed by atoms with E-state index >= 15 is 0 Å². The van der Waals surface area contributed by atoms with Crippen molar-refractivity contribution in [2.75, 3.05) is 12.4 Å². The molecule has 1 atom stereocenters. The van der Waals surface area contributed by atoms with Gasteiger partial charge in [0, 0.05) is 30.6 Å². The van der Waals surface area contributed by atoms with E-state index in [0.717, 1.165) is 34.5 Å². The molecule has 6 nitrogen and oxygen atoms in total. The topological polar surface area (TPSA) is 66.1 Å². The van der Waals surface area contributed by atoms with Crippen LogP contribution in [0.25, 0.3) is 16.8 Å². The van der Waals surface area contributed by atoms with Crippen molar-refractivity contribution in [3.05, 3.63) is 90.0 Å². The van der Waals surface area contributed by atoms with Crippen LogP contribution in [0, 0.1) is 5.82 Å². The second-order valence-corrected chi connectivity index (χ2v) is 7.62. The Labute approximate surface area is 185 Å². The minimum atomic E-state index is -0.316. The van der Waals surface area contributed by atoms with E-state index in [2.05, 4.69) is 33.9 Å². The Kier molecular flexibility index (Phi) is 5.47. The van der Waals surface area contributed by atoms with E-state index in [4.69, 9.17) is 10.1 Å². The standard InChI is InChI=1S/C25H23FN6/c1-27-19-9-4-7-17(15-19)24-23(22-12-2-3-14-32(22)31-24)21-11-6-13-28-25(30-21)29-20-10-5-8-18(26)16-20/h2-5,7-8,10-16,19,27H,6,9H2,1H3,(H,29,30). The van der Waals surface area contributed by atoms with Gasteiger partial charge in [0.15, 0.2) is 0 Å². The number of hydrogen-bond acceptors (Lipinski definition) is 5. The third kappa shape index (κ3) is 4.02. The lowest BCUT2D eigenvalue weighted by Crippen LogP contribution is -2.23. The quantitative estimate of drug-likeness (QED) is 0.636. The lowest BCUT2D eigenvalue weighted by Gasteiger charge is -2.15. The molecular formula is C25H23FN6. The molecule has 0 fully saturated rings. The minimum absolute atomic E-state index is 0.257. The molecule has 2 aromatic heterocycles. The molecule has 0 spiro atoms. The fraction of sp³-hybridized carbons (Fsp3) is 0.160. The molecule has 0 bridgehead atoms. The van der Waals surface area contributed by atoms with E-state index in [1.807, 2.05) is 42.0 Å². The van der Waals surface area contributed by atoms with Gasteiger partial charge in [-0.3, -0.25) is 0 Å². The molecule has 1 aliphatic carbocycles. The SMILES string of the molecule is CNC1C=C(c2nn3ccccc3c2C2=CCC=NC(Nc3cccc(F)c3)=N2)C=CC1. The predicted molar refractivity (Wildman–Crippen MR) is 128 cm³/mol. The van der Waals surface area contributed by atoms with Crippen molar-refractivity contribution in [3.63, 3.8) is 0 Å². The van der Waals surface area contributed by atoms with Crippen molar-refractivity contribution in [3.8, 4) is 0 Å². The molecule has 32 heavy (non-hydrogen) atoms. The van der Waals surface area contributed by atoms with Crippen LogP contribution in [0.1, 0.15) is 24.1 Å². The van der Waals surface area contributed by atoms with Crippen molar-refractivity contribution in [1.82, 2.24) is 14.9 Å². The molecule has 160 valence electrons. The van der Waals surface area contributed by atoms with Gasteiger partial charge in [0.25, 0.3) is 0 Å². The zero-order chi connectivity index (χ0) is 21.9. The number of hydrogen-bond donors (Lipinski definition) is 2. The molecule has 0 saturated heterocycles. The third-order valence-corrected chi connectivity index (χ3v) is 5.45. The maximum atomic E-state index is 13.6. The van der Waals surface area contributed by atoms with Gasteiger partial charge < -0.3 is 10.6 Å². The number of allylic oxidation sites excluding steroid dienone is 3. The average Bonchev–Trinajstić information content (AvgIpc) is 3.06. The molecule has 0 radical (unpaired) electrons. The second kappa shape index (κ2) is 8.72. The Hall–Kier alpha value is -3.84. The molecule has 1 aliphatic heterocycles. The highest BCUT2D eigenvalue weighted by atomic mass is 19.1. The summed E-state index contributed by atoms with van der Waals surface area (Å²) in [7, 11) is 1.96. The number of likely N-dealkylation sites (N-methyl/N-ethyl adjacent to an activating group) is 1. The number of aromatic nitrogens is 2. The van der Waals surface area contributed by atoms with Crippen molar-refractivity contribution in [1.29, 1.82) is 0 Å². The van der Waals surface area contributed by atoms with Crippen molar-refractivity contribution >= 4 is 34.6 Å². The molecule has 2 aliphatic rings. The van der Waals surface area contributed by atoms with Gasteiger partial charge in [0.2, 0.25) is 5.96 Å². The van der Waals surface area contributed by atoms with Crippen LogP contribution in [-0.2, 0) is 0 Å². The van der Waals surface area contributed by atoms with E-state index < -0.39 is 0 Å². The summed E-state index contributed by atoms with van der Waals surface area (Å²) in [6.07, 6.45) is 13.8. The van der Waals surface area contributed by atoms with Crippen LogP contribution < -0.4 is 10.6 Å². The van der Waals surface area contributed by atoms with Gasteiger partial charge in [-0.2, -0.15) is 5.10 Å². The smallest absolute Gasteiger partial charge is 0.227 e. The van der Waals surface area contributed by atoms with Crippen LogP contribution >= 0.6 is 0 Å². The van der Waals surface area contributed by atoms with Crippen LogP contribution in [0.5, 0.6) is 0 Å². The molecule has 1 aromatic carbocycles. The number of anilines is 1. The molecular weight excluding hydrogens is 403 g/mol. The van der Waals surface area contributed by atoms with Crippen molar-refractivity contribution in [2.24, 2.45) is 9.98 Å². The number of benzene rings is 1. The maximum Gasteiger partial charge on any atom is 0.227 e. The van der Waals surface area contributed by atoms with Gasteiger partial charge in [0.1, 0.15) is 11.5 Å². The summed E-state index contributed by atoms with van der Waals surface area (Å²) in [6, 6.07) is 12.5. The van der Waals surface area contributed by atoms with Gasteiger partial charge >= 0.3 is 0 Å². The number of pyridine rings is 1. The normalized spacial score (nSPS) is 18.2. The molecule has 0 saturated carbocycles.